The fraction of sp³-hybridized carbons (Fsp3) is 0.857. The van der Waals surface area contributed by atoms with E-state index in [0.717, 1.165) is 19.3 Å². The van der Waals surface area contributed by atoms with Crippen LogP contribution >= 0.6 is 0 Å². The van der Waals surface area contributed by atoms with Crippen LogP contribution in [0.2, 0.25) is 0 Å². The molecule has 8 heteroatoms. The first-order chi connectivity index (χ1) is 10.2. The summed E-state index contributed by atoms with van der Waals surface area (Å²) >= 11 is 0. The Morgan fingerprint density at radius 2 is 1.68 bits per heavy atom. The van der Waals surface area contributed by atoms with Crippen molar-refractivity contribution in [3.05, 3.63) is 0 Å². The lowest BCUT2D eigenvalue weighted by Gasteiger charge is -2.34. The van der Waals surface area contributed by atoms with Gasteiger partial charge in [0.05, 0.1) is 17.0 Å². The highest BCUT2D eigenvalue weighted by Gasteiger charge is 2.37. The zero-order valence-corrected chi connectivity index (χ0v) is 13.8. The second-order valence-electron chi connectivity index (χ2n) is 6.39. The Kier molecular flexibility index (Phi) is 5.11. The maximum atomic E-state index is 12.3. The first-order valence-electron chi connectivity index (χ1n) is 7.83. The molecule has 1 aliphatic carbocycles. The van der Waals surface area contributed by atoms with E-state index in [1.54, 1.807) is 6.92 Å². The highest BCUT2D eigenvalue weighted by Crippen LogP contribution is 2.26. The van der Waals surface area contributed by atoms with Gasteiger partial charge in [-0.1, -0.05) is 19.3 Å². The molecule has 1 atom stereocenters. The number of hydrogen-bond donors (Lipinski definition) is 2. The molecule has 1 aliphatic heterocycles. The van der Waals surface area contributed by atoms with Crippen LogP contribution in [0.1, 0.15) is 39.0 Å². The van der Waals surface area contributed by atoms with Crippen molar-refractivity contribution < 1.29 is 18.0 Å². The van der Waals surface area contributed by atoms with Crippen molar-refractivity contribution in [1.29, 1.82) is 0 Å². The molecular formula is C14H25N3O4S. The van der Waals surface area contributed by atoms with E-state index in [4.69, 9.17) is 5.73 Å². The first kappa shape index (κ1) is 17.2. The molecule has 0 aromatic heterocycles. The normalized spacial score (nSPS) is 25.3. The number of nitrogens with two attached hydrogens (primary N) is 1. The molecule has 1 saturated heterocycles. The summed E-state index contributed by atoms with van der Waals surface area (Å²) in [6, 6.07) is -0.685. The summed E-state index contributed by atoms with van der Waals surface area (Å²) in [4.78, 5) is 26.1. The number of rotatable bonds is 3. The molecule has 7 nitrogen and oxygen atoms in total. The molecule has 0 aromatic carbocycles. The van der Waals surface area contributed by atoms with Crippen LogP contribution in [0.3, 0.4) is 0 Å². The van der Waals surface area contributed by atoms with Gasteiger partial charge in [-0.2, -0.15) is 0 Å². The number of nitrogens with one attached hydrogen (secondary N) is 1. The maximum Gasteiger partial charge on any atom is 0.244 e. The second kappa shape index (κ2) is 6.54. The lowest BCUT2D eigenvalue weighted by atomic mass is 9.82. The average molecular weight is 331 g/mol. The molecule has 0 bridgehead atoms. The van der Waals surface area contributed by atoms with Crippen LogP contribution < -0.4 is 11.1 Å². The summed E-state index contributed by atoms with van der Waals surface area (Å²) in [5, 5.41) is 2.70. The van der Waals surface area contributed by atoms with E-state index >= 15 is 0 Å². The van der Waals surface area contributed by atoms with E-state index in [1.807, 2.05) is 0 Å². The third-order valence-electron chi connectivity index (χ3n) is 4.57. The summed E-state index contributed by atoms with van der Waals surface area (Å²) in [7, 11) is -3.03. The van der Waals surface area contributed by atoms with Crippen molar-refractivity contribution in [3.8, 4) is 0 Å². The minimum Gasteiger partial charge on any atom is -0.343 e. The van der Waals surface area contributed by atoms with E-state index < -0.39 is 21.4 Å². The van der Waals surface area contributed by atoms with Gasteiger partial charge in [-0.25, -0.2) is 8.42 Å². The summed E-state index contributed by atoms with van der Waals surface area (Å²) in [6.45, 7) is 2.00. The van der Waals surface area contributed by atoms with E-state index in [1.165, 1.54) is 4.90 Å². The van der Waals surface area contributed by atoms with Gasteiger partial charge in [0.25, 0.3) is 0 Å². The van der Waals surface area contributed by atoms with Crippen molar-refractivity contribution >= 4 is 21.7 Å². The van der Waals surface area contributed by atoms with Crippen molar-refractivity contribution in [2.24, 2.45) is 5.73 Å². The van der Waals surface area contributed by atoms with Gasteiger partial charge in [-0.05, 0) is 19.8 Å². The monoisotopic (exact) mass is 331 g/mol. The SMILES string of the molecule is CC(NC(=O)C1(N)CCCCC1)C(=O)N1CCS(=O)(=O)CC1. The van der Waals surface area contributed by atoms with Crippen LogP contribution in [0, 0.1) is 0 Å². The standard InChI is InChI=1S/C14H25N3O4S/c1-11(12(18)17-7-9-22(20,21)10-8-17)16-13(19)14(15)5-3-2-4-6-14/h11H,2-10,15H2,1H3,(H,16,19). The number of hydrogen-bond acceptors (Lipinski definition) is 5. The molecule has 2 aliphatic rings. The highest BCUT2D eigenvalue weighted by atomic mass is 32.2. The van der Waals surface area contributed by atoms with Crippen LogP contribution in [-0.2, 0) is 19.4 Å². The molecule has 1 heterocycles. The summed E-state index contributed by atoms with van der Waals surface area (Å²) in [5.74, 6) is -0.555. The minimum atomic E-state index is -3.03. The van der Waals surface area contributed by atoms with Crippen LogP contribution in [0.4, 0.5) is 0 Å². The Morgan fingerprint density at radius 3 is 2.23 bits per heavy atom. The van der Waals surface area contributed by atoms with Crippen molar-refractivity contribution in [3.63, 3.8) is 0 Å². The van der Waals surface area contributed by atoms with Crippen LogP contribution in [-0.4, -0.2) is 61.3 Å². The van der Waals surface area contributed by atoms with Gasteiger partial charge < -0.3 is 16.0 Å². The molecule has 0 aromatic rings. The largest absolute Gasteiger partial charge is 0.343 e. The molecule has 2 amide bonds. The number of nitrogens with zero attached hydrogens (tertiary/aromatic N) is 1. The Hall–Kier alpha value is -1.15. The molecule has 126 valence electrons. The lowest BCUT2D eigenvalue weighted by molar-refractivity contribution is -0.137. The van der Waals surface area contributed by atoms with Crippen LogP contribution in [0.5, 0.6) is 0 Å². The molecule has 0 radical (unpaired) electrons. The molecule has 1 saturated carbocycles. The first-order valence-corrected chi connectivity index (χ1v) is 9.65. The van der Waals surface area contributed by atoms with Crippen molar-refractivity contribution in [2.75, 3.05) is 24.6 Å². The predicted molar refractivity (Wildman–Crippen MR) is 82.8 cm³/mol. The second-order valence-corrected chi connectivity index (χ2v) is 8.69. The predicted octanol–water partition coefficient (Wildman–Crippen LogP) is -0.590. The Balaban J connectivity index is 1.90. The lowest BCUT2D eigenvalue weighted by Crippen LogP contribution is -2.59. The molecule has 22 heavy (non-hydrogen) atoms. The zero-order valence-electron chi connectivity index (χ0n) is 13.0. The fourth-order valence-electron chi connectivity index (χ4n) is 3.02. The molecular weight excluding hydrogens is 306 g/mol. The highest BCUT2D eigenvalue weighted by molar-refractivity contribution is 7.91. The van der Waals surface area contributed by atoms with Gasteiger partial charge in [0.2, 0.25) is 11.8 Å². The Labute approximate surface area is 131 Å². The van der Waals surface area contributed by atoms with Gasteiger partial charge in [-0.15, -0.1) is 0 Å². The van der Waals surface area contributed by atoms with E-state index in [-0.39, 0.29) is 36.4 Å². The smallest absolute Gasteiger partial charge is 0.244 e. The quantitative estimate of drug-likeness (QED) is 0.718. The van der Waals surface area contributed by atoms with Gasteiger partial charge in [0, 0.05) is 13.1 Å². The molecule has 2 rings (SSSR count). The molecule has 2 fully saturated rings. The summed E-state index contributed by atoms with van der Waals surface area (Å²) in [5.41, 5.74) is 5.27. The maximum absolute atomic E-state index is 12.3. The van der Waals surface area contributed by atoms with Crippen molar-refractivity contribution in [2.45, 2.75) is 50.6 Å². The van der Waals surface area contributed by atoms with Gasteiger partial charge in [0.1, 0.15) is 6.04 Å². The zero-order chi connectivity index (χ0) is 16.4. The summed E-state index contributed by atoms with van der Waals surface area (Å²) in [6.07, 6.45) is 4.22. The van der Waals surface area contributed by atoms with Gasteiger partial charge in [0.15, 0.2) is 9.84 Å². The molecule has 3 N–H and O–H groups in total. The fourth-order valence-corrected chi connectivity index (χ4v) is 4.22. The van der Waals surface area contributed by atoms with Gasteiger partial charge in [-0.3, -0.25) is 9.59 Å². The van der Waals surface area contributed by atoms with E-state index in [9.17, 15) is 18.0 Å². The Morgan fingerprint density at radius 1 is 1.14 bits per heavy atom. The van der Waals surface area contributed by atoms with E-state index in [0.29, 0.717) is 12.8 Å². The molecule has 1 unspecified atom stereocenters. The average Bonchev–Trinajstić information content (AvgIpc) is 2.47. The van der Waals surface area contributed by atoms with Crippen molar-refractivity contribution in [1.82, 2.24) is 10.2 Å². The number of carbonyl (C=O) groups is 2. The number of sulfone groups is 1. The number of carbonyl (C=O) groups excluding carboxylic acids is 2. The van der Waals surface area contributed by atoms with Gasteiger partial charge >= 0.3 is 0 Å². The topological polar surface area (TPSA) is 110 Å². The van der Waals surface area contributed by atoms with Crippen LogP contribution in [0.15, 0.2) is 0 Å². The van der Waals surface area contributed by atoms with E-state index in [2.05, 4.69) is 5.32 Å². The third kappa shape index (κ3) is 3.98. The van der Waals surface area contributed by atoms with Crippen LogP contribution in [0.25, 0.3) is 0 Å². The third-order valence-corrected chi connectivity index (χ3v) is 6.18. The Bertz CT molecular complexity index is 526. The molecule has 0 spiro atoms. The number of amides is 2. The summed E-state index contributed by atoms with van der Waals surface area (Å²) < 4.78 is 22.8. The minimum absolute atomic E-state index is 0.0137.